The van der Waals surface area contributed by atoms with Crippen LogP contribution in [0, 0.1) is 0 Å². The molecule has 1 unspecified atom stereocenters. The number of halogens is 3. The summed E-state index contributed by atoms with van der Waals surface area (Å²) in [5.74, 6) is -0.833. The van der Waals surface area contributed by atoms with Crippen LogP contribution in [0.4, 0.5) is 0 Å². The standard InChI is InChI=1S/C18H15Cl3N2O.C2H4O2/c19-14-3-1-13(2-4-14)11-24-18(10-23-8-7-22-12-23)16-6-5-15(20)9-17(16)21;1-2(3)4/h1-9,12,18H,10-11H2;1H3,(H,3,4). The number of hydrogen-bond donors (Lipinski definition) is 1. The lowest BCUT2D eigenvalue weighted by atomic mass is 10.1. The van der Waals surface area contributed by atoms with Gasteiger partial charge in [-0.3, -0.25) is 4.79 Å². The molecule has 0 aliphatic carbocycles. The molecule has 1 N–H and O–H groups in total. The van der Waals surface area contributed by atoms with Crippen LogP contribution in [0.25, 0.3) is 0 Å². The predicted molar refractivity (Wildman–Crippen MR) is 111 cm³/mol. The fraction of sp³-hybridized carbons (Fsp3) is 0.200. The first-order chi connectivity index (χ1) is 13.3. The molecule has 1 aromatic heterocycles. The second kappa shape index (κ2) is 11.1. The molecule has 0 amide bonds. The number of hydrogen-bond acceptors (Lipinski definition) is 3. The number of nitrogens with zero attached hydrogens (tertiary/aromatic N) is 2. The molecule has 0 spiro atoms. The van der Waals surface area contributed by atoms with Crippen molar-refractivity contribution in [1.82, 2.24) is 9.55 Å². The normalized spacial score (nSPS) is 11.4. The molecular formula is C20H19Cl3N2O3. The summed E-state index contributed by atoms with van der Waals surface area (Å²) in [4.78, 5) is 13.1. The number of rotatable bonds is 6. The third-order valence-electron chi connectivity index (χ3n) is 3.61. The summed E-state index contributed by atoms with van der Waals surface area (Å²) < 4.78 is 8.08. The average Bonchev–Trinajstić information content (AvgIpc) is 3.13. The Kier molecular flexibility index (Phi) is 8.80. The smallest absolute Gasteiger partial charge is 0.300 e. The van der Waals surface area contributed by atoms with Gasteiger partial charge in [-0.15, -0.1) is 0 Å². The van der Waals surface area contributed by atoms with E-state index < -0.39 is 5.97 Å². The Hall–Kier alpha value is -2.05. The van der Waals surface area contributed by atoms with Crippen molar-refractivity contribution in [2.75, 3.05) is 0 Å². The molecule has 0 fully saturated rings. The topological polar surface area (TPSA) is 64.3 Å². The molecule has 0 saturated heterocycles. The van der Waals surface area contributed by atoms with E-state index in [2.05, 4.69) is 4.98 Å². The van der Waals surface area contributed by atoms with Crippen LogP contribution in [-0.4, -0.2) is 20.6 Å². The first-order valence-corrected chi connectivity index (χ1v) is 9.45. The maximum absolute atomic E-state index is 9.00. The molecule has 28 heavy (non-hydrogen) atoms. The largest absolute Gasteiger partial charge is 0.481 e. The SMILES string of the molecule is CC(=O)O.Clc1ccc(COC(Cn2ccnc2)c2ccc(Cl)cc2Cl)cc1. The molecule has 0 radical (unpaired) electrons. The Morgan fingerprint density at radius 3 is 2.36 bits per heavy atom. The van der Waals surface area contributed by atoms with E-state index in [1.54, 1.807) is 18.6 Å². The van der Waals surface area contributed by atoms with Crippen LogP contribution in [-0.2, 0) is 22.7 Å². The van der Waals surface area contributed by atoms with Crippen molar-refractivity contribution in [3.05, 3.63) is 87.4 Å². The van der Waals surface area contributed by atoms with Crippen molar-refractivity contribution in [1.29, 1.82) is 0 Å². The van der Waals surface area contributed by atoms with Gasteiger partial charge in [-0.1, -0.05) is 53.0 Å². The predicted octanol–water partition coefficient (Wildman–Crippen LogP) is 5.89. The minimum atomic E-state index is -0.833. The minimum absolute atomic E-state index is 0.223. The Bertz CT molecular complexity index is 880. The lowest BCUT2D eigenvalue weighted by Crippen LogP contribution is -2.12. The molecule has 0 aliphatic rings. The Morgan fingerprint density at radius 1 is 1.14 bits per heavy atom. The minimum Gasteiger partial charge on any atom is -0.481 e. The molecule has 5 nitrogen and oxygen atoms in total. The van der Waals surface area contributed by atoms with Crippen LogP contribution < -0.4 is 0 Å². The van der Waals surface area contributed by atoms with E-state index in [-0.39, 0.29) is 6.10 Å². The molecule has 3 aromatic rings. The van der Waals surface area contributed by atoms with Gasteiger partial charge in [0.2, 0.25) is 0 Å². The molecular weight excluding hydrogens is 423 g/mol. The van der Waals surface area contributed by atoms with Gasteiger partial charge in [0.25, 0.3) is 5.97 Å². The van der Waals surface area contributed by atoms with Crippen LogP contribution >= 0.6 is 34.8 Å². The molecule has 0 bridgehead atoms. The zero-order chi connectivity index (χ0) is 20.5. The van der Waals surface area contributed by atoms with Gasteiger partial charge in [0.1, 0.15) is 6.10 Å². The van der Waals surface area contributed by atoms with Crippen LogP contribution in [0.1, 0.15) is 24.2 Å². The highest BCUT2D eigenvalue weighted by molar-refractivity contribution is 6.35. The summed E-state index contributed by atoms with van der Waals surface area (Å²) in [5, 5.41) is 9.31. The van der Waals surface area contributed by atoms with Gasteiger partial charge < -0.3 is 14.4 Å². The molecule has 3 rings (SSSR count). The fourth-order valence-electron chi connectivity index (χ4n) is 2.37. The third-order valence-corrected chi connectivity index (χ3v) is 4.42. The van der Waals surface area contributed by atoms with Gasteiger partial charge in [-0.25, -0.2) is 4.98 Å². The van der Waals surface area contributed by atoms with E-state index in [9.17, 15) is 0 Å². The van der Waals surface area contributed by atoms with E-state index in [4.69, 9.17) is 49.4 Å². The summed E-state index contributed by atoms with van der Waals surface area (Å²) in [5.41, 5.74) is 1.93. The Labute approximate surface area is 178 Å². The summed E-state index contributed by atoms with van der Waals surface area (Å²) in [6.07, 6.45) is 5.16. The lowest BCUT2D eigenvalue weighted by molar-refractivity contribution is -0.134. The van der Waals surface area contributed by atoms with E-state index in [0.29, 0.717) is 28.2 Å². The first kappa shape index (κ1) is 22.2. The highest BCUT2D eigenvalue weighted by Crippen LogP contribution is 2.30. The monoisotopic (exact) mass is 440 g/mol. The first-order valence-electron chi connectivity index (χ1n) is 8.31. The van der Waals surface area contributed by atoms with Gasteiger partial charge >= 0.3 is 0 Å². The number of carboxylic acids is 1. The summed E-state index contributed by atoms with van der Waals surface area (Å²) in [6, 6.07) is 13.0. The van der Waals surface area contributed by atoms with Gasteiger partial charge in [0.15, 0.2) is 0 Å². The maximum Gasteiger partial charge on any atom is 0.300 e. The number of ether oxygens (including phenoxy) is 1. The molecule has 148 valence electrons. The molecule has 2 aromatic carbocycles. The van der Waals surface area contributed by atoms with Gasteiger partial charge in [-0.05, 0) is 29.8 Å². The van der Waals surface area contributed by atoms with E-state index in [1.165, 1.54) is 0 Å². The Balaban J connectivity index is 0.000000640. The quantitative estimate of drug-likeness (QED) is 0.518. The lowest BCUT2D eigenvalue weighted by Gasteiger charge is -2.20. The summed E-state index contributed by atoms with van der Waals surface area (Å²) in [6.45, 7) is 2.14. The molecule has 0 aliphatic heterocycles. The molecule has 8 heteroatoms. The van der Waals surface area contributed by atoms with E-state index in [0.717, 1.165) is 18.1 Å². The second-order valence-electron chi connectivity index (χ2n) is 5.87. The van der Waals surface area contributed by atoms with Crippen LogP contribution in [0.15, 0.2) is 61.2 Å². The number of carbonyl (C=O) groups is 1. The third kappa shape index (κ3) is 7.52. The highest BCUT2D eigenvalue weighted by atomic mass is 35.5. The van der Waals surface area contributed by atoms with Crippen molar-refractivity contribution < 1.29 is 14.6 Å². The highest BCUT2D eigenvalue weighted by Gasteiger charge is 2.17. The van der Waals surface area contributed by atoms with Crippen molar-refractivity contribution in [2.24, 2.45) is 0 Å². The number of imidazole rings is 1. The van der Waals surface area contributed by atoms with Gasteiger partial charge in [0, 0.05) is 39.9 Å². The van der Waals surface area contributed by atoms with Gasteiger partial charge in [0.05, 0.1) is 19.5 Å². The maximum atomic E-state index is 9.00. The fourth-order valence-corrected chi connectivity index (χ4v) is 3.02. The summed E-state index contributed by atoms with van der Waals surface area (Å²) in [7, 11) is 0. The van der Waals surface area contributed by atoms with Crippen molar-refractivity contribution in [3.63, 3.8) is 0 Å². The van der Waals surface area contributed by atoms with Crippen LogP contribution in [0.5, 0.6) is 0 Å². The summed E-state index contributed by atoms with van der Waals surface area (Å²) >= 11 is 18.3. The average molecular weight is 442 g/mol. The van der Waals surface area contributed by atoms with Crippen molar-refractivity contribution >= 4 is 40.8 Å². The molecule has 1 heterocycles. The molecule has 0 saturated carbocycles. The van der Waals surface area contributed by atoms with Crippen LogP contribution in [0.3, 0.4) is 0 Å². The second-order valence-corrected chi connectivity index (χ2v) is 7.15. The number of aliphatic carboxylic acids is 1. The zero-order valence-corrected chi connectivity index (χ0v) is 17.3. The van der Waals surface area contributed by atoms with E-state index in [1.807, 2.05) is 47.2 Å². The Morgan fingerprint density at radius 2 is 1.79 bits per heavy atom. The number of benzene rings is 2. The van der Waals surface area contributed by atoms with Crippen molar-refractivity contribution in [3.8, 4) is 0 Å². The number of carboxylic acid groups (broad SMARTS) is 1. The zero-order valence-electron chi connectivity index (χ0n) is 15.1. The van der Waals surface area contributed by atoms with Gasteiger partial charge in [-0.2, -0.15) is 0 Å². The molecule has 1 atom stereocenters. The number of aromatic nitrogens is 2. The van der Waals surface area contributed by atoms with Crippen molar-refractivity contribution in [2.45, 2.75) is 26.2 Å². The van der Waals surface area contributed by atoms with Crippen LogP contribution in [0.2, 0.25) is 15.1 Å². The van der Waals surface area contributed by atoms with E-state index >= 15 is 0 Å².